The van der Waals surface area contributed by atoms with E-state index in [1.54, 1.807) is 0 Å². The molecule has 0 radical (unpaired) electrons. The van der Waals surface area contributed by atoms with Crippen LogP contribution in [-0.4, -0.2) is 77.9 Å². The van der Waals surface area contributed by atoms with E-state index < -0.39 is 0 Å². The zero-order chi connectivity index (χ0) is 16.0. The summed E-state index contributed by atoms with van der Waals surface area (Å²) in [5.74, 6) is -0.0933. The predicted octanol–water partition coefficient (Wildman–Crippen LogP) is -0.0674. The molecular weight excluding hydrogens is 298 g/mol. The molecule has 0 aromatic rings. The van der Waals surface area contributed by atoms with Gasteiger partial charge < -0.3 is 25.0 Å². The van der Waals surface area contributed by atoms with Crippen LogP contribution in [0.4, 0.5) is 4.79 Å². The van der Waals surface area contributed by atoms with Crippen molar-refractivity contribution in [2.45, 2.75) is 50.4 Å². The maximum Gasteiger partial charge on any atom is 0.320 e. The number of rotatable bonds is 0. The molecule has 3 aliphatic heterocycles. The van der Waals surface area contributed by atoms with E-state index in [0.717, 1.165) is 45.2 Å². The van der Waals surface area contributed by atoms with E-state index in [1.807, 2.05) is 9.80 Å². The maximum absolute atomic E-state index is 12.7. The van der Waals surface area contributed by atoms with Crippen molar-refractivity contribution < 1.29 is 19.4 Å². The van der Waals surface area contributed by atoms with Crippen LogP contribution in [0.2, 0.25) is 0 Å². The quantitative estimate of drug-likeness (QED) is 0.654. The van der Waals surface area contributed by atoms with Crippen LogP contribution in [0, 0.1) is 5.41 Å². The van der Waals surface area contributed by atoms with E-state index in [2.05, 4.69) is 5.32 Å². The Kier molecular flexibility index (Phi) is 3.72. The molecule has 3 saturated heterocycles. The molecule has 4 aliphatic rings. The SMILES string of the molecule is O=C1CO[C@H]2CCN(C(=O)N3CC4(CCC(O)CC4)C3)C[C@H]2N1. The second-order valence-corrected chi connectivity index (χ2v) is 7.63. The second kappa shape index (κ2) is 5.63. The zero-order valence-corrected chi connectivity index (χ0v) is 13.4. The number of likely N-dealkylation sites (tertiary alicyclic amines) is 2. The highest BCUT2D eigenvalue weighted by Crippen LogP contribution is 2.44. The Morgan fingerprint density at radius 2 is 1.96 bits per heavy atom. The van der Waals surface area contributed by atoms with Crippen LogP contribution >= 0.6 is 0 Å². The summed E-state index contributed by atoms with van der Waals surface area (Å²) in [5, 5.41) is 12.6. The van der Waals surface area contributed by atoms with Gasteiger partial charge in [-0.15, -0.1) is 0 Å². The fraction of sp³-hybridized carbons (Fsp3) is 0.875. The van der Waals surface area contributed by atoms with Crippen LogP contribution in [-0.2, 0) is 9.53 Å². The van der Waals surface area contributed by atoms with Gasteiger partial charge in [-0.2, -0.15) is 0 Å². The monoisotopic (exact) mass is 323 g/mol. The number of carbonyl (C=O) groups excluding carboxylic acids is 2. The van der Waals surface area contributed by atoms with Crippen molar-refractivity contribution in [3.05, 3.63) is 0 Å². The molecule has 7 heteroatoms. The summed E-state index contributed by atoms with van der Waals surface area (Å²) in [7, 11) is 0. The Morgan fingerprint density at radius 3 is 2.70 bits per heavy atom. The minimum Gasteiger partial charge on any atom is -0.393 e. The molecule has 23 heavy (non-hydrogen) atoms. The normalized spacial score (nSPS) is 33.9. The molecule has 4 rings (SSSR count). The summed E-state index contributed by atoms with van der Waals surface area (Å²) in [6.45, 7) is 2.99. The van der Waals surface area contributed by atoms with Crippen LogP contribution in [0.25, 0.3) is 0 Å². The topological polar surface area (TPSA) is 82.1 Å². The van der Waals surface area contributed by atoms with Crippen molar-refractivity contribution in [1.29, 1.82) is 0 Å². The summed E-state index contributed by atoms with van der Waals surface area (Å²) >= 11 is 0. The fourth-order valence-electron chi connectivity index (χ4n) is 4.50. The minimum atomic E-state index is -0.153. The third-order valence-corrected chi connectivity index (χ3v) is 5.93. The molecule has 3 heterocycles. The van der Waals surface area contributed by atoms with Crippen LogP contribution in [0.15, 0.2) is 0 Å². The predicted molar refractivity (Wildman–Crippen MR) is 81.7 cm³/mol. The number of morpholine rings is 1. The number of urea groups is 1. The standard InChI is InChI=1S/C16H25N3O4/c20-11-1-4-16(5-2-11)9-19(10-16)15(22)18-6-3-13-12(7-18)17-14(21)8-23-13/h11-13,20H,1-10H2,(H,17,21)/t12-,13+/m1/s1. The van der Waals surface area contributed by atoms with E-state index in [4.69, 9.17) is 4.74 Å². The van der Waals surface area contributed by atoms with Gasteiger partial charge in [0.1, 0.15) is 6.61 Å². The average molecular weight is 323 g/mol. The number of fused-ring (bicyclic) bond motifs is 1. The Labute approximate surface area is 135 Å². The summed E-state index contributed by atoms with van der Waals surface area (Å²) < 4.78 is 5.54. The van der Waals surface area contributed by atoms with Crippen molar-refractivity contribution in [3.8, 4) is 0 Å². The van der Waals surface area contributed by atoms with Crippen molar-refractivity contribution >= 4 is 11.9 Å². The number of nitrogens with zero attached hydrogens (tertiary/aromatic N) is 2. The summed E-state index contributed by atoms with van der Waals surface area (Å²) in [6.07, 6.45) is 4.43. The highest BCUT2D eigenvalue weighted by Gasteiger charge is 2.48. The van der Waals surface area contributed by atoms with Crippen LogP contribution in [0.3, 0.4) is 0 Å². The lowest BCUT2D eigenvalue weighted by atomic mass is 9.68. The van der Waals surface area contributed by atoms with Gasteiger partial charge in [0.05, 0.1) is 18.2 Å². The minimum absolute atomic E-state index is 0.0410. The Morgan fingerprint density at radius 1 is 1.22 bits per heavy atom. The first-order chi connectivity index (χ1) is 11.0. The number of aliphatic hydroxyl groups is 1. The number of piperidine rings is 1. The van der Waals surface area contributed by atoms with Crippen LogP contribution in [0.5, 0.6) is 0 Å². The Hall–Kier alpha value is -1.34. The molecule has 0 aromatic heterocycles. The highest BCUT2D eigenvalue weighted by atomic mass is 16.5. The van der Waals surface area contributed by atoms with E-state index in [0.29, 0.717) is 13.1 Å². The first-order valence-electron chi connectivity index (χ1n) is 8.68. The molecule has 0 unspecified atom stereocenters. The smallest absolute Gasteiger partial charge is 0.320 e. The molecule has 3 amide bonds. The van der Waals surface area contributed by atoms with Gasteiger partial charge in [-0.1, -0.05) is 0 Å². The summed E-state index contributed by atoms with van der Waals surface area (Å²) in [6, 6.07) is 0.00836. The number of ether oxygens (including phenoxy) is 1. The number of amides is 3. The van der Waals surface area contributed by atoms with Gasteiger partial charge in [0.25, 0.3) is 0 Å². The highest BCUT2D eigenvalue weighted by molar-refractivity contribution is 5.79. The van der Waals surface area contributed by atoms with Crippen LogP contribution < -0.4 is 5.32 Å². The van der Waals surface area contributed by atoms with E-state index >= 15 is 0 Å². The third kappa shape index (κ3) is 2.80. The van der Waals surface area contributed by atoms with Gasteiger partial charge in [-0.25, -0.2) is 4.79 Å². The number of nitrogens with one attached hydrogen (secondary N) is 1. The van der Waals surface area contributed by atoms with Crippen molar-refractivity contribution in [2.75, 3.05) is 32.8 Å². The Balaban J connectivity index is 1.31. The molecular formula is C16H25N3O4. The lowest BCUT2D eigenvalue weighted by Gasteiger charge is -2.54. The largest absolute Gasteiger partial charge is 0.393 e. The van der Waals surface area contributed by atoms with E-state index in [1.165, 1.54) is 0 Å². The molecule has 7 nitrogen and oxygen atoms in total. The lowest BCUT2D eigenvalue weighted by Crippen LogP contribution is -2.66. The average Bonchev–Trinajstić information content (AvgIpc) is 2.52. The molecule has 0 aromatic carbocycles. The maximum atomic E-state index is 12.7. The third-order valence-electron chi connectivity index (χ3n) is 5.93. The fourth-order valence-corrected chi connectivity index (χ4v) is 4.50. The zero-order valence-electron chi connectivity index (χ0n) is 13.4. The van der Waals surface area contributed by atoms with Crippen molar-refractivity contribution in [2.24, 2.45) is 5.41 Å². The number of aliphatic hydroxyl groups excluding tert-OH is 1. The van der Waals surface area contributed by atoms with Gasteiger partial charge in [0.2, 0.25) is 5.91 Å². The second-order valence-electron chi connectivity index (χ2n) is 7.63. The van der Waals surface area contributed by atoms with Gasteiger partial charge >= 0.3 is 6.03 Å². The molecule has 1 saturated carbocycles. The first kappa shape index (κ1) is 15.2. The molecule has 0 bridgehead atoms. The van der Waals surface area contributed by atoms with Crippen LogP contribution in [0.1, 0.15) is 32.1 Å². The first-order valence-corrected chi connectivity index (χ1v) is 8.68. The van der Waals surface area contributed by atoms with Gasteiger partial charge in [0.15, 0.2) is 0 Å². The molecule has 128 valence electrons. The van der Waals surface area contributed by atoms with E-state index in [-0.39, 0.29) is 42.2 Å². The lowest BCUT2D eigenvalue weighted by molar-refractivity contribution is -0.140. The van der Waals surface area contributed by atoms with Crippen molar-refractivity contribution in [1.82, 2.24) is 15.1 Å². The molecule has 4 fully saturated rings. The number of carbonyl (C=O) groups is 2. The van der Waals surface area contributed by atoms with Gasteiger partial charge in [0, 0.05) is 31.6 Å². The van der Waals surface area contributed by atoms with Gasteiger partial charge in [-0.3, -0.25) is 4.79 Å². The summed E-state index contributed by atoms with van der Waals surface area (Å²) in [4.78, 5) is 27.9. The van der Waals surface area contributed by atoms with Crippen molar-refractivity contribution in [3.63, 3.8) is 0 Å². The summed E-state index contributed by atoms with van der Waals surface area (Å²) in [5.41, 5.74) is 0.245. The molecule has 1 aliphatic carbocycles. The molecule has 2 atom stereocenters. The molecule has 2 N–H and O–H groups in total. The Bertz CT molecular complexity index is 496. The molecule has 1 spiro atoms. The number of hydrogen-bond acceptors (Lipinski definition) is 4. The van der Waals surface area contributed by atoms with E-state index in [9.17, 15) is 14.7 Å². The van der Waals surface area contributed by atoms with Gasteiger partial charge in [-0.05, 0) is 32.1 Å². The number of hydrogen-bond donors (Lipinski definition) is 2.